The Kier molecular flexibility index (Phi) is 1.34. The highest BCUT2D eigenvalue weighted by Gasteiger charge is 2.34. The van der Waals surface area contributed by atoms with Crippen LogP contribution in [0.1, 0.15) is 25.7 Å². The van der Waals surface area contributed by atoms with E-state index >= 15 is 0 Å². The van der Waals surface area contributed by atoms with E-state index in [9.17, 15) is 0 Å². The zero-order valence-corrected chi connectivity index (χ0v) is 7.29. The Hall–Kier alpha value is -0.730. The van der Waals surface area contributed by atoms with Crippen molar-refractivity contribution in [1.82, 2.24) is 10.2 Å². The molecule has 0 amide bonds. The van der Waals surface area contributed by atoms with E-state index in [1.165, 1.54) is 38.2 Å². The van der Waals surface area contributed by atoms with Gasteiger partial charge in [0, 0.05) is 12.6 Å². The van der Waals surface area contributed by atoms with Crippen molar-refractivity contribution in [2.24, 2.45) is 4.99 Å². The minimum absolute atomic E-state index is 0.742. The van der Waals surface area contributed by atoms with Crippen LogP contribution >= 0.6 is 0 Å². The number of guanidine groups is 1. The summed E-state index contributed by atoms with van der Waals surface area (Å²) >= 11 is 0. The first-order valence-corrected chi connectivity index (χ1v) is 5.01. The molecule has 66 valence electrons. The molecule has 3 nitrogen and oxygen atoms in total. The molecule has 1 saturated carbocycles. The Labute approximate surface area is 72.8 Å². The molecule has 1 atom stereocenters. The smallest absolute Gasteiger partial charge is 0.194 e. The molecule has 2 heterocycles. The molecule has 3 heteroatoms. The quantitative estimate of drug-likeness (QED) is 0.615. The Morgan fingerprint density at radius 1 is 1.33 bits per heavy atom. The first kappa shape index (κ1) is 6.75. The van der Waals surface area contributed by atoms with Gasteiger partial charge in [0.2, 0.25) is 0 Å². The normalized spacial score (nSPS) is 33.5. The van der Waals surface area contributed by atoms with Crippen molar-refractivity contribution >= 4 is 5.96 Å². The van der Waals surface area contributed by atoms with Gasteiger partial charge < -0.3 is 10.2 Å². The number of fused-ring (bicyclic) bond motifs is 1. The van der Waals surface area contributed by atoms with Crippen LogP contribution in [0, 0.1) is 0 Å². The summed E-state index contributed by atoms with van der Waals surface area (Å²) in [5.41, 5.74) is 0. The minimum Gasteiger partial charge on any atom is -0.353 e. The molecule has 1 aliphatic carbocycles. The second-order valence-electron chi connectivity index (χ2n) is 4.07. The minimum atomic E-state index is 0.742. The van der Waals surface area contributed by atoms with Crippen LogP contribution in [-0.4, -0.2) is 36.0 Å². The van der Waals surface area contributed by atoms with Gasteiger partial charge in [-0.3, -0.25) is 4.99 Å². The maximum Gasteiger partial charge on any atom is 0.194 e. The van der Waals surface area contributed by atoms with Gasteiger partial charge in [0.15, 0.2) is 5.96 Å². The molecule has 0 aromatic carbocycles. The molecule has 0 radical (unpaired) electrons. The lowest BCUT2D eigenvalue weighted by molar-refractivity contribution is 0.417. The van der Waals surface area contributed by atoms with Crippen molar-refractivity contribution in [3.05, 3.63) is 0 Å². The van der Waals surface area contributed by atoms with Crippen LogP contribution in [0.3, 0.4) is 0 Å². The molecule has 0 unspecified atom stereocenters. The van der Waals surface area contributed by atoms with Crippen molar-refractivity contribution < 1.29 is 0 Å². The third-order valence-electron chi connectivity index (χ3n) is 3.01. The lowest BCUT2D eigenvalue weighted by atomic mass is 10.2. The summed E-state index contributed by atoms with van der Waals surface area (Å²) in [6, 6.07) is 1.49. The topological polar surface area (TPSA) is 27.6 Å². The van der Waals surface area contributed by atoms with Gasteiger partial charge in [-0.15, -0.1) is 0 Å². The average Bonchev–Trinajstić information content (AvgIpc) is 2.63. The van der Waals surface area contributed by atoms with Crippen molar-refractivity contribution in [1.29, 1.82) is 0 Å². The monoisotopic (exact) mass is 165 g/mol. The van der Waals surface area contributed by atoms with Crippen LogP contribution < -0.4 is 5.32 Å². The Bertz CT molecular complexity index is 220. The predicted octanol–water partition coefficient (Wildman–Crippen LogP) is 0.572. The highest BCUT2D eigenvalue weighted by Crippen LogP contribution is 2.25. The fraction of sp³-hybridized carbons (Fsp3) is 0.889. The number of nitrogens with one attached hydrogen (secondary N) is 1. The molecular formula is C9H15N3. The zero-order valence-electron chi connectivity index (χ0n) is 7.29. The van der Waals surface area contributed by atoms with Gasteiger partial charge >= 0.3 is 0 Å². The summed E-state index contributed by atoms with van der Waals surface area (Å²) in [6.45, 7) is 2.26. The summed E-state index contributed by atoms with van der Waals surface area (Å²) in [6.07, 6.45) is 5.39. The maximum atomic E-state index is 4.53. The molecule has 1 N–H and O–H groups in total. The summed E-state index contributed by atoms with van der Waals surface area (Å²) in [5, 5.41) is 3.50. The van der Waals surface area contributed by atoms with Crippen LogP contribution in [0.25, 0.3) is 0 Å². The van der Waals surface area contributed by atoms with Gasteiger partial charge in [-0.25, -0.2) is 0 Å². The second-order valence-corrected chi connectivity index (χ2v) is 4.07. The average molecular weight is 165 g/mol. The molecule has 0 aromatic heterocycles. The lowest BCUT2D eigenvalue weighted by Crippen LogP contribution is -2.40. The molecule has 3 rings (SSSR count). The Morgan fingerprint density at radius 2 is 2.25 bits per heavy atom. The zero-order chi connectivity index (χ0) is 7.97. The summed E-state index contributed by atoms with van der Waals surface area (Å²) in [5.74, 6) is 1.19. The number of hydrogen-bond donors (Lipinski definition) is 1. The molecular weight excluding hydrogens is 150 g/mol. The Balaban J connectivity index is 1.69. The number of rotatable bonds is 1. The van der Waals surface area contributed by atoms with Gasteiger partial charge in [0.1, 0.15) is 0 Å². The van der Waals surface area contributed by atoms with Crippen molar-refractivity contribution in [2.75, 3.05) is 13.1 Å². The standard InChI is InChI=1S/C9H15N3/c1-2-8-6-10-9(12(8)5-1)11-7-3-4-7/h7-8H,1-6H2,(H,10,11)/t8-/m1/s1. The van der Waals surface area contributed by atoms with Gasteiger partial charge in [-0.05, 0) is 25.7 Å². The van der Waals surface area contributed by atoms with Crippen LogP contribution in [0.2, 0.25) is 0 Å². The van der Waals surface area contributed by atoms with E-state index in [0.717, 1.165) is 18.6 Å². The molecule has 0 spiro atoms. The maximum absolute atomic E-state index is 4.53. The largest absolute Gasteiger partial charge is 0.353 e. The van der Waals surface area contributed by atoms with E-state index < -0.39 is 0 Å². The van der Waals surface area contributed by atoms with E-state index in [2.05, 4.69) is 15.2 Å². The summed E-state index contributed by atoms with van der Waals surface area (Å²) in [7, 11) is 0. The van der Waals surface area contributed by atoms with Crippen molar-refractivity contribution in [2.45, 2.75) is 37.8 Å². The SMILES string of the molecule is C1C[C@@H]2CN=C(NC3CC3)N2C1. The second kappa shape index (κ2) is 2.38. The van der Waals surface area contributed by atoms with E-state index in [-0.39, 0.29) is 0 Å². The molecule has 3 aliphatic rings. The molecule has 12 heavy (non-hydrogen) atoms. The number of hydrogen-bond acceptors (Lipinski definition) is 3. The van der Waals surface area contributed by atoms with Crippen LogP contribution in [0.4, 0.5) is 0 Å². The highest BCUT2D eigenvalue weighted by molar-refractivity contribution is 5.82. The highest BCUT2D eigenvalue weighted by atomic mass is 15.4. The number of aliphatic imine (C=N–C) groups is 1. The Morgan fingerprint density at radius 3 is 3.08 bits per heavy atom. The van der Waals surface area contributed by atoms with Crippen LogP contribution in [0.5, 0.6) is 0 Å². The van der Waals surface area contributed by atoms with E-state index in [1.54, 1.807) is 0 Å². The summed E-state index contributed by atoms with van der Waals surface area (Å²) in [4.78, 5) is 6.99. The number of nitrogens with zero attached hydrogens (tertiary/aromatic N) is 2. The fourth-order valence-electron chi connectivity index (χ4n) is 2.13. The molecule has 2 aliphatic heterocycles. The van der Waals surface area contributed by atoms with Gasteiger partial charge in [0.25, 0.3) is 0 Å². The van der Waals surface area contributed by atoms with E-state index in [1.807, 2.05) is 0 Å². The predicted molar refractivity (Wildman–Crippen MR) is 48.2 cm³/mol. The van der Waals surface area contributed by atoms with Crippen molar-refractivity contribution in [3.8, 4) is 0 Å². The van der Waals surface area contributed by atoms with Gasteiger partial charge in [-0.1, -0.05) is 0 Å². The van der Waals surface area contributed by atoms with Gasteiger partial charge in [-0.2, -0.15) is 0 Å². The molecule has 0 aromatic rings. The molecule has 1 saturated heterocycles. The first-order valence-electron chi connectivity index (χ1n) is 5.01. The van der Waals surface area contributed by atoms with Crippen LogP contribution in [-0.2, 0) is 0 Å². The lowest BCUT2D eigenvalue weighted by Gasteiger charge is -2.20. The molecule has 0 bridgehead atoms. The molecule has 2 fully saturated rings. The first-order chi connectivity index (χ1) is 5.93. The third-order valence-corrected chi connectivity index (χ3v) is 3.01. The van der Waals surface area contributed by atoms with Crippen molar-refractivity contribution in [3.63, 3.8) is 0 Å². The van der Waals surface area contributed by atoms with Crippen LogP contribution in [0.15, 0.2) is 4.99 Å². The van der Waals surface area contributed by atoms with E-state index in [0.29, 0.717) is 0 Å². The third kappa shape index (κ3) is 0.993. The summed E-state index contributed by atoms with van der Waals surface area (Å²) < 4.78 is 0. The van der Waals surface area contributed by atoms with E-state index in [4.69, 9.17) is 0 Å². The fourth-order valence-corrected chi connectivity index (χ4v) is 2.13. The van der Waals surface area contributed by atoms with Gasteiger partial charge in [0.05, 0.1) is 12.6 Å².